The highest BCUT2D eigenvalue weighted by molar-refractivity contribution is 8.00. The van der Waals surface area contributed by atoms with Gasteiger partial charge in [0, 0.05) is 23.9 Å². The molecular weight excluding hydrogens is 260 g/mol. The van der Waals surface area contributed by atoms with Crippen molar-refractivity contribution in [2.45, 2.75) is 31.2 Å². The van der Waals surface area contributed by atoms with Gasteiger partial charge in [-0.15, -0.1) is 11.8 Å². The summed E-state index contributed by atoms with van der Waals surface area (Å²) in [6.45, 7) is 3.94. The molecule has 102 valence electrons. The molecule has 2 rings (SSSR count). The molecule has 1 aliphatic rings. The molecule has 2 N–H and O–H groups in total. The first-order valence-electron chi connectivity index (χ1n) is 6.31. The fourth-order valence-electron chi connectivity index (χ4n) is 2.02. The fourth-order valence-corrected chi connectivity index (χ4v) is 3.00. The number of nitrogens with zero attached hydrogens (tertiary/aromatic N) is 1. The topological polar surface area (TPSA) is 63.4 Å². The lowest BCUT2D eigenvalue weighted by Gasteiger charge is -2.29. The van der Waals surface area contributed by atoms with Crippen LogP contribution in [0.4, 0.5) is 5.69 Å². The maximum atomic E-state index is 12.0. The molecule has 1 heterocycles. The molecule has 0 radical (unpaired) electrons. The van der Waals surface area contributed by atoms with Crippen LogP contribution in [-0.4, -0.2) is 24.0 Å². The summed E-state index contributed by atoms with van der Waals surface area (Å²) < 4.78 is 0. The standard InChI is InChI=1S/C14H18N2O2S/c1-9(17)5-6-16-12-4-3-11(10(2)15)7-13(12)19-8-14(16)18/h3-4,7,10H,5-6,8,15H2,1-2H3. The van der Waals surface area contributed by atoms with E-state index >= 15 is 0 Å². The molecule has 19 heavy (non-hydrogen) atoms. The minimum absolute atomic E-state index is 0.0193. The zero-order valence-electron chi connectivity index (χ0n) is 11.2. The average molecular weight is 278 g/mol. The Bertz CT molecular complexity index is 514. The first kappa shape index (κ1) is 14.1. The monoisotopic (exact) mass is 278 g/mol. The lowest BCUT2D eigenvalue weighted by atomic mass is 10.1. The third kappa shape index (κ3) is 3.16. The number of hydrogen-bond donors (Lipinski definition) is 1. The quantitative estimate of drug-likeness (QED) is 0.916. The number of fused-ring (bicyclic) bond motifs is 1. The van der Waals surface area contributed by atoms with Gasteiger partial charge in [0.2, 0.25) is 5.91 Å². The molecule has 0 bridgehead atoms. The van der Waals surface area contributed by atoms with E-state index in [0.29, 0.717) is 18.7 Å². The lowest BCUT2D eigenvalue weighted by Crippen LogP contribution is -2.36. The van der Waals surface area contributed by atoms with Crippen LogP contribution in [0.5, 0.6) is 0 Å². The van der Waals surface area contributed by atoms with Crippen LogP contribution in [0.15, 0.2) is 23.1 Å². The molecule has 5 heteroatoms. The summed E-state index contributed by atoms with van der Waals surface area (Å²) in [6.07, 6.45) is 0.394. The van der Waals surface area contributed by atoms with Gasteiger partial charge >= 0.3 is 0 Å². The molecular formula is C14H18N2O2S. The van der Waals surface area contributed by atoms with Gasteiger partial charge in [0.1, 0.15) is 5.78 Å². The molecule has 4 nitrogen and oxygen atoms in total. The Labute approximate surface area is 117 Å². The van der Waals surface area contributed by atoms with E-state index in [1.165, 1.54) is 11.8 Å². The second-order valence-corrected chi connectivity index (χ2v) is 5.82. The van der Waals surface area contributed by atoms with Crippen molar-refractivity contribution in [1.82, 2.24) is 0 Å². The van der Waals surface area contributed by atoms with Gasteiger partial charge in [-0.3, -0.25) is 9.59 Å². The Morgan fingerprint density at radius 3 is 2.89 bits per heavy atom. The van der Waals surface area contributed by atoms with Gasteiger partial charge < -0.3 is 10.6 Å². The molecule has 1 atom stereocenters. The summed E-state index contributed by atoms with van der Waals surface area (Å²) in [5.41, 5.74) is 7.83. The summed E-state index contributed by atoms with van der Waals surface area (Å²) in [5, 5.41) is 0. The number of amides is 1. The van der Waals surface area contributed by atoms with Gasteiger partial charge in [-0.2, -0.15) is 0 Å². The molecule has 1 aliphatic heterocycles. The van der Waals surface area contributed by atoms with Crippen molar-refractivity contribution in [3.8, 4) is 0 Å². The van der Waals surface area contributed by atoms with Gasteiger partial charge in [-0.25, -0.2) is 0 Å². The fraction of sp³-hybridized carbons (Fsp3) is 0.429. The molecule has 0 saturated carbocycles. The van der Waals surface area contributed by atoms with Gasteiger partial charge in [0.05, 0.1) is 11.4 Å². The zero-order valence-corrected chi connectivity index (χ0v) is 12.0. The van der Waals surface area contributed by atoms with E-state index in [2.05, 4.69) is 0 Å². The first-order valence-corrected chi connectivity index (χ1v) is 7.29. The zero-order chi connectivity index (χ0) is 14.0. The summed E-state index contributed by atoms with van der Waals surface area (Å²) in [4.78, 5) is 25.8. The molecule has 1 aromatic carbocycles. The van der Waals surface area contributed by atoms with E-state index in [1.807, 2.05) is 25.1 Å². The van der Waals surface area contributed by atoms with Crippen LogP contribution >= 0.6 is 11.8 Å². The summed E-state index contributed by atoms with van der Waals surface area (Å²) in [6, 6.07) is 5.90. The van der Waals surface area contributed by atoms with Crippen LogP contribution in [0.25, 0.3) is 0 Å². The predicted octanol–water partition coefficient (Wildman–Crippen LogP) is 2.12. The van der Waals surface area contributed by atoms with Crippen molar-refractivity contribution in [3.05, 3.63) is 23.8 Å². The van der Waals surface area contributed by atoms with Crippen molar-refractivity contribution in [1.29, 1.82) is 0 Å². The molecule has 0 aliphatic carbocycles. The lowest BCUT2D eigenvalue weighted by molar-refractivity contribution is -0.117. The van der Waals surface area contributed by atoms with Gasteiger partial charge in [-0.1, -0.05) is 6.07 Å². The van der Waals surface area contributed by atoms with E-state index in [0.717, 1.165) is 16.1 Å². The summed E-state index contributed by atoms with van der Waals surface area (Å²) in [5.74, 6) is 0.583. The van der Waals surface area contributed by atoms with Crippen molar-refractivity contribution in [2.75, 3.05) is 17.2 Å². The van der Waals surface area contributed by atoms with E-state index in [4.69, 9.17) is 5.73 Å². The minimum Gasteiger partial charge on any atom is -0.324 e. The average Bonchev–Trinajstić information content (AvgIpc) is 2.36. The number of Topliss-reactive ketones (excluding diaryl/α,β-unsaturated/α-hetero) is 1. The molecule has 1 aromatic rings. The Balaban J connectivity index is 2.28. The van der Waals surface area contributed by atoms with Crippen LogP contribution in [0, 0.1) is 0 Å². The Hall–Kier alpha value is -1.33. The molecule has 1 unspecified atom stereocenters. The number of carbonyl (C=O) groups excluding carboxylic acids is 2. The minimum atomic E-state index is -0.0193. The first-order chi connectivity index (χ1) is 8.99. The van der Waals surface area contributed by atoms with Gasteiger partial charge in [0.15, 0.2) is 0 Å². The van der Waals surface area contributed by atoms with E-state index < -0.39 is 0 Å². The molecule has 0 aromatic heterocycles. The van der Waals surface area contributed by atoms with Crippen molar-refractivity contribution in [2.24, 2.45) is 5.73 Å². The number of rotatable bonds is 4. The third-order valence-corrected chi connectivity index (χ3v) is 4.17. The second kappa shape index (κ2) is 5.75. The predicted molar refractivity (Wildman–Crippen MR) is 77.4 cm³/mol. The normalized spacial score (nSPS) is 16.2. The third-order valence-electron chi connectivity index (χ3n) is 3.14. The maximum Gasteiger partial charge on any atom is 0.237 e. The van der Waals surface area contributed by atoms with Crippen molar-refractivity contribution < 1.29 is 9.59 Å². The van der Waals surface area contributed by atoms with Crippen LogP contribution in [0.3, 0.4) is 0 Å². The molecule has 0 fully saturated rings. The number of ketones is 1. The SMILES string of the molecule is CC(=O)CCN1C(=O)CSc2cc(C(C)N)ccc21. The van der Waals surface area contributed by atoms with Crippen molar-refractivity contribution in [3.63, 3.8) is 0 Å². The molecule has 0 spiro atoms. The van der Waals surface area contributed by atoms with E-state index in [-0.39, 0.29) is 17.7 Å². The Kier molecular flexibility index (Phi) is 4.27. The van der Waals surface area contributed by atoms with Crippen LogP contribution in [0.2, 0.25) is 0 Å². The number of carbonyl (C=O) groups is 2. The van der Waals surface area contributed by atoms with Crippen molar-refractivity contribution >= 4 is 29.1 Å². The van der Waals surface area contributed by atoms with E-state index in [1.54, 1.807) is 11.8 Å². The van der Waals surface area contributed by atoms with E-state index in [9.17, 15) is 9.59 Å². The second-order valence-electron chi connectivity index (χ2n) is 4.80. The summed E-state index contributed by atoms with van der Waals surface area (Å²) in [7, 11) is 0. The number of thioether (sulfide) groups is 1. The van der Waals surface area contributed by atoms with Crippen LogP contribution in [0.1, 0.15) is 31.9 Å². The Morgan fingerprint density at radius 1 is 1.53 bits per heavy atom. The van der Waals surface area contributed by atoms with Crippen LogP contribution < -0.4 is 10.6 Å². The highest BCUT2D eigenvalue weighted by atomic mass is 32.2. The van der Waals surface area contributed by atoms with Gasteiger partial charge in [0.25, 0.3) is 0 Å². The number of anilines is 1. The Morgan fingerprint density at radius 2 is 2.26 bits per heavy atom. The maximum absolute atomic E-state index is 12.0. The highest BCUT2D eigenvalue weighted by Crippen LogP contribution is 2.36. The number of benzene rings is 1. The largest absolute Gasteiger partial charge is 0.324 e. The highest BCUT2D eigenvalue weighted by Gasteiger charge is 2.25. The molecule has 1 amide bonds. The number of nitrogens with two attached hydrogens (primary N) is 1. The van der Waals surface area contributed by atoms with Crippen LogP contribution in [-0.2, 0) is 9.59 Å². The molecule has 0 saturated heterocycles. The summed E-state index contributed by atoms with van der Waals surface area (Å²) >= 11 is 1.53. The smallest absolute Gasteiger partial charge is 0.237 e. The number of hydrogen-bond acceptors (Lipinski definition) is 4. The van der Waals surface area contributed by atoms with Gasteiger partial charge in [-0.05, 0) is 31.5 Å².